The van der Waals surface area contributed by atoms with E-state index in [2.05, 4.69) is 9.97 Å². The molecular formula is C32H41BF5N3O4. The van der Waals surface area contributed by atoms with Gasteiger partial charge < -0.3 is 14.0 Å². The van der Waals surface area contributed by atoms with Gasteiger partial charge in [-0.25, -0.2) is 18.6 Å². The van der Waals surface area contributed by atoms with Crippen molar-refractivity contribution < 1.29 is 40.8 Å². The molecule has 7 nitrogen and oxygen atoms in total. The number of anilines is 1. The highest BCUT2D eigenvalue weighted by Crippen LogP contribution is 2.58. The van der Waals surface area contributed by atoms with Crippen LogP contribution in [0.5, 0.6) is 0 Å². The van der Waals surface area contributed by atoms with E-state index in [1.165, 1.54) is 23.4 Å². The van der Waals surface area contributed by atoms with Gasteiger partial charge in [0.05, 0.1) is 11.2 Å². The summed E-state index contributed by atoms with van der Waals surface area (Å²) in [6.07, 6.45) is 0.913. The molecule has 0 spiro atoms. The van der Waals surface area contributed by atoms with Crippen LogP contribution in [0.2, 0.25) is 0 Å². The zero-order chi connectivity index (χ0) is 33.3. The Labute approximate surface area is 261 Å². The number of halogens is 5. The average molecular weight is 637 g/mol. The molecule has 2 aromatic heterocycles. The van der Waals surface area contributed by atoms with Gasteiger partial charge in [-0.2, -0.15) is 13.2 Å². The summed E-state index contributed by atoms with van der Waals surface area (Å²) in [5.41, 5.74) is -3.47. The first-order valence-corrected chi connectivity index (χ1v) is 15.3. The van der Waals surface area contributed by atoms with Crippen LogP contribution in [0.25, 0.3) is 0 Å². The number of alkyl halides is 5. The fourth-order valence-electron chi connectivity index (χ4n) is 6.47. The van der Waals surface area contributed by atoms with E-state index in [1.54, 1.807) is 18.2 Å². The maximum atomic E-state index is 13.8. The molecule has 0 radical (unpaired) electrons. The topological polar surface area (TPSA) is 73.8 Å². The van der Waals surface area contributed by atoms with Gasteiger partial charge in [-0.3, -0.25) is 9.88 Å². The molecule has 0 N–H and O–H groups in total. The van der Waals surface area contributed by atoms with Crippen molar-refractivity contribution in [3.63, 3.8) is 0 Å². The van der Waals surface area contributed by atoms with Gasteiger partial charge in [0.15, 0.2) is 0 Å². The summed E-state index contributed by atoms with van der Waals surface area (Å²) in [6, 6.07) is 6.40. The molecule has 1 saturated heterocycles. The Balaban J connectivity index is 1.41. The van der Waals surface area contributed by atoms with Crippen LogP contribution < -0.4 is 10.4 Å². The van der Waals surface area contributed by atoms with Crippen molar-refractivity contribution >= 4 is 24.5 Å². The molecule has 6 rings (SSSR count). The molecule has 1 aliphatic heterocycles. The first-order valence-electron chi connectivity index (χ1n) is 15.3. The summed E-state index contributed by atoms with van der Waals surface area (Å²) in [6.45, 7) is 10.2. The van der Waals surface area contributed by atoms with Crippen molar-refractivity contribution in [2.45, 2.75) is 121 Å². The van der Waals surface area contributed by atoms with Crippen molar-refractivity contribution in [1.82, 2.24) is 9.97 Å². The van der Waals surface area contributed by atoms with Gasteiger partial charge in [-0.1, -0.05) is 0 Å². The first kappa shape index (κ1) is 33.6. The van der Waals surface area contributed by atoms with E-state index >= 15 is 0 Å². The lowest BCUT2D eigenvalue weighted by Gasteiger charge is -2.54. The van der Waals surface area contributed by atoms with Crippen molar-refractivity contribution in [3.05, 3.63) is 47.9 Å². The number of ether oxygens (including phenoxy) is 1. The predicted octanol–water partition coefficient (Wildman–Crippen LogP) is 7.46. The quantitative estimate of drug-likeness (QED) is 0.232. The average Bonchev–Trinajstić information content (AvgIpc) is 3.18. The third-order valence-electron chi connectivity index (χ3n) is 10.5. The minimum atomic E-state index is -4.79. The molecule has 45 heavy (non-hydrogen) atoms. The number of carbonyl (C=O) groups is 1. The van der Waals surface area contributed by atoms with Gasteiger partial charge in [0.2, 0.25) is 5.60 Å². The van der Waals surface area contributed by atoms with E-state index in [-0.39, 0.29) is 23.3 Å². The number of amides is 1. The van der Waals surface area contributed by atoms with Crippen LogP contribution in [0.1, 0.15) is 98.2 Å². The van der Waals surface area contributed by atoms with Crippen molar-refractivity contribution in [3.8, 4) is 0 Å². The highest BCUT2D eigenvalue weighted by molar-refractivity contribution is 6.62. The van der Waals surface area contributed by atoms with Crippen LogP contribution in [0.4, 0.5) is 32.6 Å². The second-order valence-electron chi connectivity index (χ2n) is 14.6. The van der Waals surface area contributed by atoms with E-state index in [9.17, 15) is 26.7 Å². The van der Waals surface area contributed by atoms with Crippen molar-refractivity contribution in [1.29, 1.82) is 0 Å². The molecule has 0 atom stereocenters. The van der Waals surface area contributed by atoms with E-state index in [1.807, 2.05) is 27.7 Å². The zero-order valence-corrected chi connectivity index (χ0v) is 26.9. The zero-order valence-electron chi connectivity index (χ0n) is 26.9. The Hall–Kier alpha value is -2.80. The smallest absolute Gasteiger partial charge is 0.433 e. The Morgan fingerprint density at radius 2 is 1.49 bits per heavy atom. The third-order valence-corrected chi connectivity index (χ3v) is 10.5. The Morgan fingerprint density at radius 3 is 1.98 bits per heavy atom. The van der Waals surface area contributed by atoms with E-state index in [0.717, 1.165) is 26.5 Å². The molecule has 0 unspecified atom stereocenters. The SMILES string of the molecule is CC(F)(F)c1ccc(C23CCC(CN(C(=O)OC(C)(C)C(F)(F)F)c4cc(B5OC(C)(C)C(C)(C)O5)ccn4)(CC2)CC3)nc1. The maximum Gasteiger partial charge on any atom is 0.495 e. The molecule has 13 heteroatoms. The molecule has 2 bridgehead atoms. The molecule has 0 aromatic carbocycles. The standard InChI is InChI=1S/C32H41BF5N3O4/c1-26(2)27(3,4)45-33(44-26)22-10-17-39-24(18-22)41(25(42)43-28(5,6)32(36,37)38)20-30-11-14-31(15-12-30,16-13-30)23-9-8-21(19-40-23)29(7,34)35/h8-10,17-19H,11-16,20H2,1-7H3. The first-order chi connectivity index (χ1) is 20.6. The van der Waals surface area contributed by atoms with Crippen molar-refractivity contribution in [2.75, 3.05) is 11.4 Å². The monoisotopic (exact) mass is 637 g/mol. The number of rotatable bonds is 7. The maximum absolute atomic E-state index is 13.8. The fraction of sp³-hybridized carbons (Fsp3) is 0.656. The van der Waals surface area contributed by atoms with Gasteiger partial charge >= 0.3 is 19.4 Å². The Kier molecular flexibility index (Phi) is 8.12. The number of hydrogen-bond acceptors (Lipinski definition) is 6. The number of pyridine rings is 2. The number of nitrogens with zero attached hydrogens (tertiary/aromatic N) is 3. The van der Waals surface area contributed by atoms with Gasteiger partial charge in [-0.05, 0) is 115 Å². The van der Waals surface area contributed by atoms with Crippen molar-refractivity contribution in [2.24, 2.45) is 5.41 Å². The van der Waals surface area contributed by atoms with Gasteiger partial charge in [-0.15, -0.1) is 0 Å². The number of carbonyl (C=O) groups excluding carboxylic acids is 1. The fourth-order valence-corrected chi connectivity index (χ4v) is 6.47. The molecule has 3 saturated carbocycles. The lowest BCUT2D eigenvalue weighted by Crippen LogP contribution is -2.53. The van der Waals surface area contributed by atoms with Gasteiger partial charge in [0.25, 0.3) is 5.92 Å². The predicted molar refractivity (Wildman–Crippen MR) is 160 cm³/mol. The molecule has 1 amide bonds. The summed E-state index contributed by atoms with van der Waals surface area (Å²) in [5.74, 6) is -2.84. The van der Waals surface area contributed by atoms with E-state index in [0.29, 0.717) is 44.0 Å². The summed E-state index contributed by atoms with van der Waals surface area (Å²) in [5, 5.41) is 0. The minimum Gasteiger partial charge on any atom is -0.433 e. The molecular weight excluding hydrogens is 596 g/mol. The summed E-state index contributed by atoms with van der Waals surface area (Å²) in [7, 11) is -0.768. The summed E-state index contributed by atoms with van der Waals surface area (Å²) >= 11 is 0. The summed E-state index contributed by atoms with van der Waals surface area (Å²) in [4.78, 5) is 23.6. The second-order valence-corrected chi connectivity index (χ2v) is 14.6. The van der Waals surface area contributed by atoms with E-state index < -0.39 is 47.5 Å². The largest absolute Gasteiger partial charge is 0.495 e. The molecule has 4 fully saturated rings. The van der Waals surface area contributed by atoms with Crippen LogP contribution in [-0.2, 0) is 25.4 Å². The van der Waals surface area contributed by atoms with Gasteiger partial charge in [0.1, 0.15) is 5.82 Å². The Bertz CT molecular complexity index is 1380. The lowest BCUT2D eigenvalue weighted by molar-refractivity contribution is -0.243. The molecule has 4 aliphatic rings. The second kappa shape index (κ2) is 10.9. The number of hydrogen-bond donors (Lipinski definition) is 0. The normalized spacial score (nSPS) is 26.2. The highest BCUT2D eigenvalue weighted by Gasteiger charge is 2.55. The van der Waals surface area contributed by atoms with E-state index in [4.69, 9.17) is 14.0 Å². The third kappa shape index (κ3) is 6.31. The molecule has 3 aliphatic carbocycles. The lowest BCUT2D eigenvalue weighted by atomic mass is 9.52. The molecule has 246 valence electrons. The van der Waals surface area contributed by atoms with Crippen LogP contribution in [0.3, 0.4) is 0 Å². The van der Waals surface area contributed by atoms with Crippen LogP contribution in [0, 0.1) is 5.41 Å². The molecule has 3 heterocycles. The van der Waals surface area contributed by atoms with Gasteiger partial charge in [0, 0.05) is 42.5 Å². The van der Waals surface area contributed by atoms with Crippen LogP contribution in [0.15, 0.2) is 36.7 Å². The molecule has 2 aromatic rings. The number of fused-ring (bicyclic) bond motifs is 3. The highest BCUT2D eigenvalue weighted by atomic mass is 19.4. The van der Waals surface area contributed by atoms with Crippen LogP contribution >= 0.6 is 0 Å². The number of aromatic nitrogens is 2. The Morgan fingerprint density at radius 1 is 0.911 bits per heavy atom. The summed E-state index contributed by atoms with van der Waals surface area (Å²) < 4.78 is 86.3. The van der Waals surface area contributed by atoms with Crippen LogP contribution in [-0.4, -0.2) is 52.7 Å². The minimum absolute atomic E-state index is 0.101.